The molecule has 5 N–H and O–H groups in total. The highest BCUT2D eigenvalue weighted by molar-refractivity contribution is 5.98. The highest BCUT2D eigenvalue weighted by Gasteiger charge is 2.13. The third-order valence-corrected chi connectivity index (χ3v) is 3.98. The van der Waals surface area contributed by atoms with E-state index in [-0.39, 0.29) is 11.8 Å². The number of urea groups is 1. The zero-order valence-corrected chi connectivity index (χ0v) is 14.6. The van der Waals surface area contributed by atoms with Crippen LogP contribution >= 0.6 is 0 Å². The summed E-state index contributed by atoms with van der Waals surface area (Å²) in [6, 6.07) is 12.0. The minimum atomic E-state index is -1.23. The first kappa shape index (κ1) is 18.1. The lowest BCUT2D eigenvalue weighted by Gasteiger charge is -2.09. The summed E-state index contributed by atoms with van der Waals surface area (Å²) in [5, 5.41) is 18.8. The van der Waals surface area contributed by atoms with E-state index in [9.17, 15) is 9.59 Å². The Morgan fingerprint density at radius 2 is 2.07 bits per heavy atom. The molecule has 3 rings (SSSR count). The van der Waals surface area contributed by atoms with Crippen LogP contribution in [0.2, 0.25) is 0 Å². The Labute approximate surface area is 154 Å². The van der Waals surface area contributed by atoms with Gasteiger partial charge < -0.3 is 26.2 Å². The normalized spacial score (nSPS) is 10.6. The zero-order valence-electron chi connectivity index (χ0n) is 14.6. The Hall–Kier alpha value is -3.75. The molecule has 0 radical (unpaired) electrons. The highest BCUT2D eigenvalue weighted by Crippen LogP contribution is 2.24. The lowest BCUT2D eigenvalue weighted by molar-refractivity contribution is 0.194. The molecule has 9 heteroatoms. The van der Waals surface area contributed by atoms with Crippen LogP contribution < -0.4 is 21.1 Å². The summed E-state index contributed by atoms with van der Waals surface area (Å²) in [7, 11) is 1.61. The first-order valence-corrected chi connectivity index (χ1v) is 8.17. The molecule has 0 atom stereocenters. The van der Waals surface area contributed by atoms with Gasteiger partial charge in [-0.1, -0.05) is 12.1 Å². The Bertz CT molecular complexity index is 999. The van der Waals surface area contributed by atoms with Gasteiger partial charge in [0, 0.05) is 17.6 Å². The number of nitrogen functional groups attached to an aromatic ring is 1. The second-order valence-corrected chi connectivity index (χ2v) is 5.79. The molecule has 0 saturated heterocycles. The van der Waals surface area contributed by atoms with Gasteiger partial charge >= 0.3 is 12.1 Å². The molecule has 0 aliphatic carbocycles. The van der Waals surface area contributed by atoms with Crippen molar-refractivity contribution in [3.8, 4) is 5.75 Å². The van der Waals surface area contributed by atoms with E-state index in [1.54, 1.807) is 25.3 Å². The van der Waals surface area contributed by atoms with Gasteiger partial charge in [0.1, 0.15) is 5.75 Å². The first-order valence-electron chi connectivity index (χ1n) is 8.17. The second-order valence-electron chi connectivity index (χ2n) is 5.79. The van der Waals surface area contributed by atoms with Crippen molar-refractivity contribution in [1.29, 1.82) is 0 Å². The van der Waals surface area contributed by atoms with Gasteiger partial charge in [-0.3, -0.25) is 0 Å². The van der Waals surface area contributed by atoms with E-state index < -0.39 is 6.09 Å². The molecule has 2 aromatic carbocycles. The SMILES string of the molecule is COc1cccc(CCNC(=O)Nc2ccc3c(c2)c(N)nn3C(=O)O)c1. The monoisotopic (exact) mass is 369 g/mol. The Morgan fingerprint density at radius 1 is 1.26 bits per heavy atom. The number of fused-ring (bicyclic) bond motifs is 1. The average Bonchev–Trinajstić information content (AvgIpc) is 2.98. The molecular weight excluding hydrogens is 350 g/mol. The lowest BCUT2D eigenvalue weighted by Crippen LogP contribution is -2.30. The van der Waals surface area contributed by atoms with Crippen LogP contribution in [0.5, 0.6) is 5.75 Å². The van der Waals surface area contributed by atoms with E-state index in [1.807, 2.05) is 24.3 Å². The molecule has 1 aromatic heterocycles. The van der Waals surface area contributed by atoms with Crippen molar-refractivity contribution in [2.24, 2.45) is 0 Å². The topological polar surface area (TPSA) is 131 Å². The van der Waals surface area contributed by atoms with Crippen molar-refractivity contribution in [1.82, 2.24) is 15.1 Å². The van der Waals surface area contributed by atoms with E-state index in [0.29, 0.717) is 29.6 Å². The summed E-state index contributed by atoms with van der Waals surface area (Å²) < 4.78 is 5.96. The molecule has 0 aliphatic rings. The number of carbonyl (C=O) groups is 2. The number of nitrogens with two attached hydrogens (primary N) is 1. The van der Waals surface area contributed by atoms with Gasteiger partial charge in [-0.2, -0.15) is 4.68 Å². The first-order chi connectivity index (χ1) is 13.0. The number of amides is 2. The Balaban J connectivity index is 1.60. The number of benzene rings is 2. The van der Waals surface area contributed by atoms with Gasteiger partial charge in [0.25, 0.3) is 0 Å². The highest BCUT2D eigenvalue weighted by atomic mass is 16.5. The molecule has 9 nitrogen and oxygen atoms in total. The fourth-order valence-electron chi connectivity index (χ4n) is 2.69. The van der Waals surface area contributed by atoms with Gasteiger partial charge in [0.2, 0.25) is 0 Å². The van der Waals surface area contributed by atoms with Gasteiger partial charge in [0.15, 0.2) is 5.82 Å². The number of carbonyl (C=O) groups excluding carboxylic acids is 1. The molecule has 0 spiro atoms. The number of hydrogen-bond acceptors (Lipinski definition) is 5. The molecule has 0 fully saturated rings. The molecule has 0 unspecified atom stereocenters. The molecule has 0 bridgehead atoms. The quantitative estimate of drug-likeness (QED) is 0.546. The Kier molecular flexibility index (Phi) is 5.11. The third-order valence-electron chi connectivity index (χ3n) is 3.98. The van der Waals surface area contributed by atoms with Gasteiger partial charge in [-0.05, 0) is 42.3 Å². The number of nitrogens with one attached hydrogen (secondary N) is 2. The van der Waals surface area contributed by atoms with Gasteiger partial charge in [0.05, 0.1) is 12.6 Å². The average molecular weight is 369 g/mol. The van der Waals surface area contributed by atoms with Crippen LogP contribution in [0.1, 0.15) is 5.56 Å². The standard InChI is InChI=1S/C18H19N5O4/c1-27-13-4-2-3-11(9-13)7-8-20-17(24)21-12-5-6-15-14(10-12)16(19)22-23(15)18(25)26/h2-6,9-10H,7-8H2,1H3,(H2,19,22)(H,25,26)(H2,20,21,24). The van der Waals surface area contributed by atoms with E-state index >= 15 is 0 Å². The molecule has 140 valence electrons. The van der Waals surface area contributed by atoms with Crippen molar-refractivity contribution in [2.75, 3.05) is 24.7 Å². The van der Waals surface area contributed by atoms with Crippen molar-refractivity contribution >= 4 is 34.5 Å². The summed E-state index contributed by atoms with van der Waals surface area (Å²) in [5.41, 5.74) is 7.63. The molecule has 0 saturated carbocycles. The van der Waals surface area contributed by atoms with Gasteiger partial charge in [-0.15, -0.1) is 5.10 Å². The van der Waals surface area contributed by atoms with E-state index in [2.05, 4.69) is 15.7 Å². The third kappa shape index (κ3) is 4.09. The van der Waals surface area contributed by atoms with Crippen LogP contribution in [0.25, 0.3) is 10.9 Å². The van der Waals surface area contributed by atoms with E-state index in [1.165, 1.54) is 0 Å². The van der Waals surface area contributed by atoms with Crippen LogP contribution in [0.3, 0.4) is 0 Å². The van der Waals surface area contributed by atoms with Crippen LogP contribution in [0, 0.1) is 0 Å². The predicted octanol–water partition coefficient (Wildman–Crippen LogP) is 2.52. The number of hydrogen-bond donors (Lipinski definition) is 4. The number of nitrogens with zero attached hydrogens (tertiary/aromatic N) is 2. The summed E-state index contributed by atoms with van der Waals surface area (Å²) in [6.07, 6.45) is -0.574. The molecule has 1 heterocycles. The number of aromatic nitrogens is 2. The van der Waals surface area contributed by atoms with Crippen molar-refractivity contribution < 1.29 is 19.4 Å². The van der Waals surface area contributed by atoms with Crippen LogP contribution in [0.15, 0.2) is 42.5 Å². The molecule has 0 aliphatic heterocycles. The van der Waals surface area contributed by atoms with E-state index in [0.717, 1.165) is 16.0 Å². The lowest BCUT2D eigenvalue weighted by atomic mass is 10.1. The number of methoxy groups -OCH3 is 1. The fraction of sp³-hybridized carbons (Fsp3) is 0.167. The maximum atomic E-state index is 12.1. The number of rotatable bonds is 5. The fourth-order valence-corrected chi connectivity index (χ4v) is 2.69. The van der Waals surface area contributed by atoms with Crippen LogP contribution in [-0.2, 0) is 6.42 Å². The Morgan fingerprint density at radius 3 is 2.81 bits per heavy atom. The number of anilines is 2. The number of ether oxygens (including phenoxy) is 1. The van der Waals surface area contributed by atoms with E-state index in [4.69, 9.17) is 15.6 Å². The summed E-state index contributed by atoms with van der Waals surface area (Å²) in [5.74, 6) is 0.847. The van der Waals surface area contributed by atoms with Crippen molar-refractivity contribution in [3.63, 3.8) is 0 Å². The van der Waals surface area contributed by atoms with Gasteiger partial charge in [-0.25, -0.2) is 9.59 Å². The number of carboxylic acid groups (broad SMARTS) is 1. The molecular formula is C18H19N5O4. The van der Waals surface area contributed by atoms with Crippen molar-refractivity contribution in [2.45, 2.75) is 6.42 Å². The molecule has 2 amide bonds. The van der Waals surface area contributed by atoms with Crippen LogP contribution in [-0.4, -0.2) is 40.7 Å². The van der Waals surface area contributed by atoms with Crippen LogP contribution in [0.4, 0.5) is 21.1 Å². The summed E-state index contributed by atoms with van der Waals surface area (Å²) in [4.78, 5) is 23.2. The summed E-state index contributed by atoms with van der Waals surface area (Å²) in [6.45, 7) is 0.445. The molecule has 3 aromatic rings. The second kappa shape index (κ2) is 7.65. The minimum absolute atomic E-state index is 0.0782. The van der Waals surface area contributed by atoms with Crippen molar-refractivity contribution in [3.05, 3.63) is 48.0 Å². The molecule has 27 heavy (non-hydrogen) atoms. The zero-order chi connectivity index (χ0) is 19.4. The predicted molar refractivity (Wildman–Crippen MR) is 101 cm³/mol. The smallest absolute Gasteiger partial charge is 0.432 e. The largest absolute Gasteiger partial charge is 0.497 e. The minimum Gasteiger partial charge on any atom is -0.497 e. The summed E-state index contributed by atoms with van der Waals surface area (Å²) >= 11 is 0. The maximum absolute atomic E-state index is 12.1. The maximum Gasteiger partial charge on any atom is 0.432 e.